The van der Waals surface area contributed by atoms with Gasteiger partial charge in [0.1, 0.15) is 11.9 Å². The lowest BCUT2D eigenvalue weighted by Crippen LogP contribution is -2.45. The molecule has 2 rings (SSSR count). The molecule has 1 aromatic rings. The lowest BCUT2D eigenvalue weighted by molar-refractivity contribution is 0.130. The van der Waals surface area contributed by atoms with Crippen molar-refractivity contribution in [1.82, 2.24) is 10.6 Å². The quantitative estimate of drug-likeness (QED) is 0.809. The smallest absolute Gasteiger partial charge is 0.119 e. The van der Waals surface area contributed by atoms with Crippen molar-refractivity contribution in [3.05, 3.63) is 30.3 Å². The van der Waals surface area contributed by atoms with E-state index in [0.717, 1.165) is 25.1 Å². The Kier molecular flexibility index (Phi) is 3.59. The van der Waals surface area contributed by atoms with Gasteiger partial charge in [-0.3, -0.25) is 0 Å². The molecular weight excluding hydrogens is 188 g/mol. The molecule has 1 N–H and O–H groups in total. The molecule has 81 valence electrons. The topological polar surface area (TPSA) is 35.4 Å². The van der Waals surface area contributed by atoms with Crippen LogP contribution in [0.3, 0.4) is 0 Å². The third-order valence-electron chi connectivity index (χ3n) is 2.67. The lowest BCUT2D eigenvalue weighted by atomic mass is 10.1. The van der Waals surface area contributed by atoms with E-state index in [4.69, 9.17) is 4.74 Å². The SMILES string of the molecule is CNC1CC(Oc2ccccc2)CC[N]1. The van der Waals surface area contributed by atoms with Crippen molar-refractivity contribution < 1.29 is 4.74 Å². The number of piperidine rings is 1. The molecule has 1 aliphatic heterocycles. The second-order valence-corrected chi connectivity index (χ2v) is 3.79. The third-order valence-corrected chi connectivity index (χ3v) is 2.67. The zero-order valence-corrected chi connectivity index (χ0v) is 9.02. The van der Waals surface area contributed by atoms with E-state index in [-0.39, 0.29) is 6.17 Å². The van der Waals surface area contributed by atoms with Crippen molar-refractivity contribution in [3.8, 4) is 5.75 Å². The van der Waals surface area contributed by atoms with E-state index < -0.39 is 0 Å². The van der Waals surface area contributed by atoms with Gasteiger partial charge in [-0.1, -0.05) is 18.2 Å². The maximum absolute atomic E-state index is 5.89. The molecule has 3 heteroatoms. The summed E-state index contributed by atoms with van der Waals surface area (Å²) >= 11 is 0. The van der Waals surface area contributed by atoms with Gasteiger partial charge >= 0.3 is 0 Å². The highest BCUT2D eigenvalue weighted by Gasteiger charge is 2.22. The monoisotopic (exact) mass is 205 g/mol. The molecule has 1 radical (unpaired) electrons. The molecule has 1 fully saturated rings. The molecule has 0 bridgehead atoms. The van der Waals surface area contributed by atoms with Gasteiger partial charge in [-0.15, -0.1) is 0 Å². The van der Waals surface area contributed by atoms with Crippen LogP contribution in [0.1, 0.15) is 12.8 Å². The van der Waals surface area contributed by atoms with Crippen LogP contribution in [-0.2, 0) is 0 Å². The molecule has 1 saturated heterocycles. The predicted octanol–water partition coefficient (Wildman–Crippen LogP) is 1.38. The predicted molar refractivity (Wildman–Crippen MR) is 59.9 cm³/mol. The van der Waals surface area contributed by atoms with Gasteiger partial charge < -0.3 is 10.1 Å². The highest BCUT2D eigenvalue weighted by Crippen LogP contribution is 2.17. The Labute approximate surface area is 90.8 Å². The summed E-state index contributed by atoms with van der Waals surface area (Å²) in [6.45, 7) is 0.892. The Morgan fingerprint density at radius 1 is 1.33 bits per heavy atom. The van der Waals surface area contributed by atoms with Crippen molar-refractivity contribution in [2.45, 2.75) is 25.1 Å². The Morgan fingerprint density at radius 3 is 2.87 bits per heavy atom. The number of benzene rings is 1. The minimum atomic E-state index is 0.257. The van der Waals surface area contributed by atoms with Crippen LogP contribution < -0.4 is 15.4 Å². The summed E-state index contributed by atoms with van der Waals surface area (Å²) in [6, 6.07) is 10.00. The van der Waals surface area contributed by atoms with Crippen molar-refractivity contribution in [1.29, 1.82) is 0 Å². The third kappa shape index (κ3) is 2.94. The average Bonchev–Trinajstić information content (AvgIpc) is 2.31. The number of nitrogens with one attached hydrogen (secondary N) is 1. The Hall–Kier alpha value is -1.06. The Bertz CT molecular complexity index is 289. The van der Waals surface area contributed by atoms with E-state index in [0.29, 0.717) is 6.10 Å². The molecule has 0 spiro atoms. The van der Waals surface area contributed by atoms with E-state index in [1.165, 1.54) is 0 Å². The molecule has 0 amide bonds. The average molecular weight is 205 g/mol. The summed E-state index contributed by atoms with van der Waals surface area (Å²) in [5.74, 6) is 0.958. The molecule has 3 nitrogen and oxygen atoms in total. The number of nitrogens with zero attached hydrogens (tertiary/aromatic N) is 1. The van der Waals surface area contributed by atoms with Crippen LogP contribution in [0.2, 0.25) is 0 Å². The molecule has 0 aliphatic carbocycles. The number of rotatable bonds is 3. The zero-order chi connectivity index (χ0) is 10.5. The molecule has 2 unspecified atom stereocenters. The van der Waals surface area contributed by atoms with E-state index in [9.17, 15) is 0 Å². The van der Waals surface area contributed by atoms with Crippen molar-refractivity contribution in [3.63, 3.8) is 0 Å². The van der Waals surface area contributed by atoms with Crippen molar-refractivity contribution >= 4 is 0 Å². The van der Waals surface area contributed by atoms with Crippen LogP contribution in [0.5, 0.6) is 5.75 Å². The van der Waals surface area contributed by atoms with Gasteiger partial charge in [0.25, 0.3) is 0 Å². The zero-order valence-electron chi connectivity index (χ0n) is 9.02. The molecule has 0 saturated carbocycles. The summed E-state index contributed by atoms with van der Waals surface area (Å²) < 4.78 is 5.89. The van der Waals surface area contributed by atoms with Gasteiger partial charge in [0.05, 0.1) is 6.17 Å². The summed E-state index contributed by atoms with van der Waals surface area (Å²) in [7, 11) is 1.94. The molecular formula is C12H17N2O. The van der Waals surface area contributed by atoms with Crippen LogP contribution >= 0.6 is 0 Å². The molecule has 1 aromatic carbocycles. The maximum atomic E-state index is 5.89. The normalized spacial score (nSPS) is 26.2. The Balaban J connectivity index is 1.89. The molecule has 1 heterocycles. The standard InChI is InChI=1S/C12H17N2O/c1-13-12-9-11(7-8-14-12)15-10-5-3-2-4-6-10/h2-6,11-13H,7-9H2,1H3. The highest BCUT2D eigenvalue weighted by molar-refractivity contribution is 5.21. The number of hydrogen-bond donors (Lipinski definition) is 1. The summed E-state index contributed by atoms with van der Waals surface area (Å²) in [5, 5.41) is 7.62. The summed E-state index contributed by atoms with van der Waals surface area (Å²) in [5.41, 5.74) is 0. The first-order valence-electron chi connectivity index (χ1n) is 5.44. The van der Waals surface area contributed by atoms with Crippen molar-refractivity contribution in [2.24, 2.45) is 0 Å². The highest BCUT2D eigenvalue weighted by atomic mass is 16.5. The fraction of sp³-hybridized carbons (Fsp3) is 0.500. The van der Waals surface area contributed by atoms with Gasteiger partial charge in [0.15, 0.2) is 0 Å². The first kappa shape index (κ1) is 10.5. The number of hydrogen-bond acceptors (Lipinski definition) is 2. The van der Waals surface area contributed by atoms with E-state index in [1.807, 2.05) is 37.4 Å². The first-order chi connectivity index (χ1) is 7.38. The Morgan fingerprint density at radius 2 is 2.13 bits per heavy atom. The molecule has 0 aromatic heterocycles. The number of ether oxygens (including phenoxy) is 1. The maximum Gasteiger partial charge on any atom is 0.119 e. The fourth-order valence-electron chi connectivity index (χ4n) is 1.82. The minimum Gasteiger partial charge on any atom is -0.490 e. The number of para-hydroxylation sites is 1. The van der Waals surface area contributed by atoms with E-state index in [1.54, 1.807) is 0 Å². The van der Waals surface area contributed by atoms with Gasteiger partial charge in [-0.05, 0) is 25.6 Å². The van der Waals surface area contributed by atoms with Gasteiger partial charge in [-0.25, -0.2) is 5.32 Å². The van der Waals surface area contributed by atoms with Gasteiger partial charge in [0, 0.05) is 13.0 Å². The van der Waals surface area contributed by atoms with Crippen LogP contribution in [0.15, 0.2) is 30.3 Å². The van der Waals surface area contributed by atoms with Crippen LogP contribution in [-0.4, -0.2) is 25.9 Å². The molecule has 2 atom stereocenters. The molecule has 15 heavy (non-hydrogen) atoms. The second kappa shape index (κ2) is 5.14. The van der Waals surface area contributed by atoms with Crippen LogP contribution in [0.4, 0.5) is 0 Å². The van der Waals surface area contributed by atoms with E-state index in [2.05, 4.69) is 10.6 Å². The first-order valence-corrected chi connectivity index (χ1v) is 5.44. The van der Waals surface area contributed by atoms with Gasteiger partial charge in [0.2, 0.25) is 0 Å². The molecule has 1 aliphatic rings. The largest absolute Gasteiger partial charge is 0.490 e. The van der Waals surface area contributed by atoms with Crippen molar-refractivity contribution in [2.75, 3.05) is 13.6 Å². The summed E-state index contributed by atoms with van der Waals surface area (Å²) in [4.78, 5) is 0. The second-order valence-electron chi connectivity index (χ2n) is 3.79. The lowest BCUT2D eigenvalue weighted by Gasteiger charge is -2.29. The van der Waals surface area contributed by atoms with E-state index >= 15 is 0 Å². The van der Waals surface area contributed by atoms with Gasteiger partial charge in [-0.2, -0.15) is 0 Å². The minimum absolute atomic E-state index is 0.257. The van der Waals surface area contributed by atoms with Crippen LogP contribution in [0, 0.1) is 0 Å². The van der Waals surface area contributed by atoms with Crippen LogP contribution in [0.25, 0.3) is 0 Å². The summed E-state index contributed by atoms with van der Waals surface area (Å²) in [6.07, 6.45) is 2.54. The fourth-order valence-corrected chi connectivity index (χ4v) is 1.82.